The van der Waals surface area contributed by atoms with E-state index in [2.05, 4.69) is 129 Å². The van der Waals surface area contributed by atoms with Crippen molar-refractivity contribution in [3.8, 4) is 22.8 Å². The maximum absolute atomic E-state index is 2.40. The Kier molecular flexibility index (Phi) is 5.38. The van der Waals surface area contributed by atoms with Crippen LogP contribution in [-0.4, -0.2) is 9.13 Å². The molecule has 0 radical (unpaired) electrons. The number of aryl methyl sites for hydroxylation is 2. The molecule has 0 N–H and O–H groups in total. The monoisotopic (exact) mass is 398 g/mol. The highest BCUT2D eigenvalue weighted by atomic mass is 15.1. The summed E-state index contributed by atoms with van der Waals surface area (Å²) in [7, 11) is 2.14. The van der Waals surface area contributed by atoms with Gasteiger partial charge in [0, 0.05) is 29.2 Å². The van der Waals surface area contributed by atoms with Gasteiger partial charge in [0.2, 0.25) is 0 Å². The normalized spacial score (nSPS) is 11.6. The van der Waals surface area contributed by atoms with E-state index in [4.69, 9.17) is 0 Å². The Hall–Kier alpha value is -3.07. The molecule has 154 valence electrons. The predicted molar refractivity (Wildman–Crippen MR) is 125 cm³/mol. The van der Waals surface area contributed by atoms with E-state index in [1.807, 2.05) is 0 Å². The van der Waals surface area contributed by atoms with Gasteiger partial charge in [0.05, 0.1) is 12.6 Å². The van der Waals surface area contributed by atoms with Gasteiger partial charge in [-0.1, -0.05) is 45.9 Å². The van der Waals surface area contributed by atoms with Crippen LogP contribution in [0.5, 0.6) is 0 Å². The molecule has 30 heavy (non-hydrogen) atoms. The largest absolute Gasteiger partial charge is 0.324 e. The van der Waals surface area contributed by atoms with Crippen molar-refractivity contribution >= 4 is 0 Å². The number of nitrogens with zero attached hydrogens (tertiary/aromatic N) is 3. The van der Waals surface area contributed by atoms with E-state index in [0.29, 0.717) is 11.8 Å². The zero-order valence-electron chi connectivity index (χ0n) is 18.9. The lowest BCUT2D eigenvalue weighted by atomic mass is 9.91. The van der Waals surface area contributed by atoms with Gasteiger partial charge in [-0.2, -0.15) is 4.57 Å². The lowest BCUT2D eigenvalue weighted by Crippen LogP contribution is -2.29. The van der Waals surface area contributed by atoms with E-state index in [9.17, 15) is 0 Å². The van der Waals surface area contributed by atoms with Crippen LogP contribution in [-0.2, 0) is 7.05 Å². The molecule has 0 aliphatic rings. The topological polar surface area (TPSA) is 13.7 Å². The van der Waals surface area contributed by atoms with Crippen molar-refractivity contribution in [2.24, 2.45) is 7.05 Å². The Morgan fingerprint density at radius 3 is 1.97 bits per heavy atom. The number of aromatic nitrogens is 3. The van der Waals surface area contributed by atoms with Crippen LogP contribution in [0.3, 0.4) is 0 Å². The minimum absolute atomic E-state index is 0.408. The molecule has 0 unspecified atom stereocenters. The Bertz CT molecular complexity index is 1130. The number of benzene rings is 2. The molecule has 0 bridgehead atoms. The molecular formula is C27H32N3+. The van der Waals surface area contributed by atoms with E-state index >= 15 is 0 Å². The van der Waals surface area contributed by atoms with Gasteiger partial charge in [-0.3, -0.25) is 0 Å². The molecule has 3 heteroatoms. The van der Waals surface area contributed by atoms with E-state index in [0.717, 1.165) is 0 Å². The molecule has 2 aromatic heterocycles. The van der Waals surface area contributed by atoms with Crippen molar-refractivity contribution in [2.75, 3.05) is 0 Å². The molecule has 2 aromatic carbocycles. The first-order valence-electron chi connectivity index (χ1n) is 10.8. The average Bonchev–Trinajstić information content (AvgIpc) is 3.37. The first-order valence-corrected chi connectivity index (χ1v) is 10.8. The molecule has 0 saturated heterocycles. The SMILES string of the molecule is Cc1ccccc1-c1n(-c2c(C(C)C)cc(-n3cccc3)cc2C(C)C)cc[n+]1C. The van der Waals surface area contributed by atoms with Crippen LogP contribution in [0.1, 0.15) is 56.2 Å². The number of hydrogen-bond donors (Lipinski definition) is 0. The summed E-state index contributed by atoms with van der Waals surface area (Å²) < 4.78 is 6.84. The third kappa shape index (κ3) is 3.49. The number of hydrogen-bond acceptors (Lipinski definition) is 0. The number of rotatable bonds is 5. The van der Waals surface area contributed by atoms with Crippen molar-refractivity contribution in [1.29, 1.82) is 0 Å². The molecule has 4 aromatic rings. The molecule has 4 rings (SSSR count). The number of imidazole rings is 1. The van der Waals surface area contributed by atoms with E-state index in [-0.39, 0.29) is 0 Å². The van der Waals surface area contributed by atoms with Crippen LogP contribution in [0.15, 0.2) is 73.3 Å². The summed E-state index contributed by atoms with van der Waals surface area (Å²) in [5.41, 5.74) is 7.84. The van der Waals surface area contributed by atoms with Crippen molar-refractivity contribution in [3.63, 3.8) is 0 Å². The van der Waals surface area contributed by atoms with Crippen LogP contribution in [0, 0.1) is 6.92 Å². The maximum atomic E-state index is 2.40. The molecule has 0 saturated carbocycles. The minimum atomic E-state index is 0.408. The Morgan fingerprint density at radius 1 is 0.800 bits per heavy atom. The van der Waals surface area contributed by atoms with Gasteiger partial charge in [-0.15, -0.1) is 0 Å². The van der Waals surface area contributed by atoms with Gasteiger partial charge in [0.25, 0.3) is 5.82 Å². The first-order chi connectivity index (χ1) is 14.4. The van der Waals surface area contributed by atoms with Crippen LogP contribution >= 0.6 is 0 Å². The third-order valence-electron chi connectivity index (χ3n) is 5.93. The van der Waals surface area contributed by atoms with Crippen LogP contribution in [0.25, 0.3) is 22.8 Å². The highest BCUT2D eigenvalue weighted by Gasteiger charge is 2.27. The zero-order chi connectivity index (χ0) is 21.4. The van der Waals surface area contributed by atoms with Crippen LogP contribution in [0.2, 0.25) is 0 Å². The summed E-state index contributed by atoms with van der Waals surface area (Å²) in [4.78, 5) is 0. The second-order valence-electron chi connectivity index (χ2n) is 8.79. The summed E-state index contributed by atoms with van der Waals surface area (Å²) in [5, 5.41) is 0. The van der Waals surface area contributed by atoms with Crippen molar-refractivity contribution in [1.82, 2.24) is 9.13 Å². The fraction of sp³-hybridized carbons (Fsp3) is 0.296. The molecule has 0 fully saturated rings. The molecule has 0 aliphatic heterocycles. The van der Waals surface area contributed by atoms with Gasteiger partial charge in [-0.25, -0.2) is 4.57 Å². The van der Waals surface area contributed by atoms with Gasteiger partial charge in [0.1, 0.15) is 18.1 Å². The van der Waals surface area contributed by atoms with E-state index < -0.39 is 0 Å². The quantitative estimate of drug-likeness (QED) is 0.349. The Morgan fingerprint density at radius 2 is 1.40 bits per heavy atom. The molecular weight excluding hydrogens is 366 g/mol. The fourth-order valence-electron chi connectivity index (χ4n) is 4.28. The van der Waals surface area contributed by atoms with Crippen LogP contribution in [0.4, 0.5) is 0 Å². The van der Waals surface area contributed by atoms with Crippen LogP contribution < -0.4 is 4.57 Å². The summed E-state index contributed by atoms with van der Waals surface area (Å²) >= 11 is 0. The predicted octanol–water partition coefficient (Wildman–Crippen LogP) is 6.31. The van der Waals surface area contributed by atoms with Crippen molar-refractivity contribution in [2.45, 2.75) is 46.5 Å². The van der Waals surface area contributed by atoms with Crippen molar-refractivity contribution in [3.05, 3.63) is 90.0 Å². The summed E-state index contributed by atoms with van der Waals surface area (Å²) in [5.74, 6) is 2.03. The molecule has 2 heterocycles. The molecule has 0 aliphatic carbocycles. The lowest BCUT2D eigenvalue weighted by molar-refractivity contribution is -0.659. The van der Waals surface area contributed by atoms with Gasteiger partial charge in [0.15, 0.2) is 0 Å². The van der Waals surface area contributed by atoms with Gasteiger partial charge >= 0.3 is 0 Å². The molecule has 0 spiro atoms. The Labute approximate surface area is 180 Å². The molecule has 3 nitrogen and oxygen atoms in total. The smallest absolute Gasteiger partial charge is 0.294 e. The van der Waals surface area contributed by atoms with Gasteiger partial charge in [-0.05, 0) is 54.7 Å². The average molecular weight is 399 g/mol. The summed E-state index contributed by atoms with van der Waals surface area (Å²) in [6.45, 7) is 11.4. The second-order valence-corrected chi connectivity index (χ2v) is 8.79. The standard InChI is InChI=1S/C27H32N3/c1-19(2)24-17-22(29-13-9-10-14-29)18-25(20(3)4)26(24)30-16-15-28(6)27(30)23-12-8-7-11-21(23)5/h7-20H,1-6H3/q+1. The highest BCUT2D eigenvalue weighted by Crippen LogP contribution is 2.36. The zero-order valence-corrected chi connectivity index (χ0v) is 18.9. The van der Waals surface area contributed by atoms with Crippen molar-refractivity contribution < 1.29 is 4.57 Å². The first kappa shape index (κ1) is 20.2. The molecule has 0 amide bonds. The lowest BCUT2D eigenvalue weighted by Gasteiger charge is -2.20. The third-order valence-corrected chi connectivity index (χ3v) is 5.93. The summed E-state index contributed by atoms with van der Waals surface area (Å²) in [6.07, 6.45) is 8.62. The van der Waals surface area contributed by atoms with Gasteiger partial charge < -0.3 is 4.57 Å². The minimum Gasteiger partial charge on any atom is -0.324 e. The van der Waals surface area contributed by atoms with E-state index in [1.54, 1.807) is 0 Å². The Balaban J connectivity index is 2.04. The summed E-state index contributed by atoms with van der Waals surface area (Å²) in [6, 6.07) is 17.5. The highest BCUT2D eigenvalue weighted by molar-refractivity contribution is 5.64. The second kappa shape index (κ2) is 7.98. The molecule has 0 atom stereocenters. The fourth-order valence-corrected chi connectivity index (χ4v) is 4.28. The van der Waals surface area contributed by atoms with E-state index in [1.165, 1.54) is 39.5 Å². The maximum Gasteiger partial charge on any atom is 0.294 e.